The van der Waals surface area contributed by atoms with Gasteiger partial charge in [-0.3, -0.25) is 0 Å². The molecule has 6 heteroatoms. The smallest absolute Gasteiger partial charge is 0.243 e. The first-order valence-corrected chi connectivity index (χ1v) is 10.6. The van der Waals surface area contributed by atoms with Crippen LogP contribution in [0.3, 0.4) is 0 Å². The highest BCUT2D eigenvalue weighted by molar-refractivity contribution is 9.10. The first-order valence-electron chi connectivity index (χ1n) is 8.37. The van der Waals surface area contributed by atoms with Crippen molar-refractivity contribution in [3.8, 4) is 0 Å². The largest absolute Gasteiger partial charge is 0.361 e. The standard InChI is InChI=1S/C19H19BrN2O2S/c20-15-5-7-16(8-6-15)25(23,24)22-11-9-14(10-12-22)18-13-21-19-4-2-1-3-17(18)19/h1-8,13-14,21H,9-12H2. The summed E-state index contributed by atoms with van der Waals surface area (Å²) in [4.78, 5) is 3.68. The maximum absolute atomic E-state index is 12.8. The molecule has 3 aromatic rings. The number of H-pyrrole nitrogens is 1. The van der Waals surface area contributed by atoms with Gasteiger partial charge in [-0.05, 0) is 54.7 Å². The third-order valence-corrected chi connectivity index (χ3v) is 7.41. The third kappa shape index (κ3) is 3.14. The van der Waals surface area contributed by atoms with E-state index in [0.29, 0.717) is 23.9 Å². The van der Waals surface area contributed by atoms with E-state index in [-0.39, 0.29) is 0 Å². The summed E-state index contributed by atoms with van der Waals surface area (Å²) >= 11 is 3.35. The van der Waals surface area contributed by atoms with Crippen molar-refractivity contribution in [1.29, 1.82) is 0 Å². The lowest BCUT2D eigenvalue weighted by Gasteiger charge is -2.31. The van der Waals surface area contributed by atoms with Crippen LogP contribution in [0.1, 0.15) is 24.3 Å². The zero-order valence-electron chi connectivity index (χ0n) is 13.7. The maximum atomic E-state index is 12.8. The number of nitrogens with zero attached hydrogens (tertiary/aromatic N) is 1. The minimum atomic E-state index is -3.41. The molecule has 1 saturated heterocycles. The monoisotopic (exact) mass is 418 g/mol. The van der Waals surface area contributed by atoms with E-state index in [1.54, 1.807) is 28.6 Å². The molecule has 1 aliphatic rings. The Morgan fingerprint density at radius 3 is 2.40 bits per heavy atom. The molecule has 0 atom stereocenters. The van der Waals surface area contributed by atoms with Gasteiger partial charge < -0.3 is 4.98 Å². The maximum Gasteiger partial charge on any atom is 0.243 e. The average molecular weight is 419 g/mol. The molecule has 0 radical (unpaired) electrons. The van der Waals surface area contributed by atoms with Gasteiger partial charge in [-0.1, -0.05) is 34.1 Å². The fourth-order valence-corrected chi connectivity index (χ4v) is 5.33. The van der Waals surface area contributed by atoms with Gasteiger partial charge in [0.05, 0.1) is 4.90 Å². The molecule has 4 nitrogen and oxygen atoms in total. The molecule has 0 amide bonds. The summed E-state index contributed by atoms with van der Waals surface area (Å²) in [7, 11) is -3.41. The molecule has 2 heterocycles. The lowest BCUT2D eigenvalue weighted by molar-refractivity contribution is 0.320. The van der Waals surface area contributed by atoms with Gasteiger partial charge in [0.2, 0.25) is 10.0 Å². The average Bonchev–Trinajstić information content (AvgIpc) is 3.06. The fourth-order valence-electron chi connectivity index (χ4n) is 3.59. The van der Waals surface area contributed by atoms with E-state index in [0.717, 1.165) is 22.8 Å². The van der Waals surface area contributed by atoms with Crippen molar-refractivity contribution in [3.05, 3.63) is 64.8 Å². The van der Waals surface area contributed by atoms with Gasteiger partial charge >= 0.3 is 0 Å². The van der Waals surface area contributed by atoms with Crippen LogP contribution in [0.2, 0.25) is 0 Å². The van der Waals surface area contributed by atoms with Crippen LogP contribution in [-0.4, -0.2) is 30.8 Å². The number of para-hydroxylation sites is 1. The molecule has 1 fully saturated rings. The van der Waals surface area contributed by atoms with Crippen molar-refractivity contribution in [2.24, 2.45) is 0 Å². The molecule has 0 aliphatic carbocycles. The lowest BCUT2D eigenvalue weighted by Crippen LogP contribution is -2.37. The van der Waals surface area contributed by atoms with Crippen molar-refractivity contribution < 1.29 is 8.42 Å². The summed E-state index contributed by atoms with van der Waals surface area (Å²) in [6, 6.07) is 15.1. The van der Waals surface area contributed by atoms with E-state index in [4.69, 9.17) is 0 Å². The van der Waals surface area contributed by atoms with E-state index in [9.17, 15) is 8.42 Å². The normalized spacial score (nSPS) is 17.2. The van der Waals surface area contributed by atoms with E-state index in [1.165, 1.54) is 10.9 Å². The highest BCUT2D eigenvalue weighted by atomic mass is 79.9. The minimum Gasteiger partial charge on any atom is -0.361 e. The molecule has 0 bridgehead atoms. The summed E-state index contributed by atoms with van der Waals surface area (Å²) in [6.07, 6.45) is 3.77. The fraction of sp³-hybridized carbons (Fsp3) is 0.263. The number of rotatable bonds is 3. The SMILES string of the molecule is O=S(=O)(c1ccc(Br)cc1)N1CCC(c2c[nH]c3ccccc23)CC1. The van der Waals surface area contributed by atoms with Crippen molar-refractivity contribution in [3.63, 3.8) is 0 Å². The summed E-state index contributed by atoms with van der Waals surface area (Å²) < 4.78 is 28.1. The molecule has 2 aromatic carbocycles. The number of halogens is 1. The minimum absolute atomic E-state index is 0.362. The van der Waals surface area contributed by atoms with E-state index >= 15 is 0 Å². The predicted octanol–water partition coefficient (Wildman–Crippen LogP) is 4.50. The van der Waals surface area contributed by atoms with Crippen LogP contribution in [0.15, 0.2) is 64.1 Å². The van der Waals surface area contributed by atoms with Gasteiger partial charge in [0.25, 0.3) is 0 Å². The molecule has 0 saturated carbocycles. The van der Waals surface area contributed by atoms with Crippen molar-refractivity contribution in [2.45, 2.75) is 23.7 Å². The van der Waals surface area contributed by atoms with Gasteiger partial charge in [0.1, 0.15) is 0 Å². The second-order valence-corrected chi connectivity index (χ2v) is 9.28. The van der Waals surface area contributed by atoms with Crippen LogP contribution in [0.25, 0.3) is 10.9 Å². The van der Waals surface area contributed by atoms with Crippen LogP contribution in [0, 0.1) is 0 Å². The molecule has 1 aromatic heterocycles. The van der Waals surface area contributed by atoms with Crippen LogP contribution in [-0.2, 0) is 10.0 Å². The molecular weight excluding hydrogens is 400 g/mol. The molecule has 1 N–H and O–H groups in total. The molecule has 130 valence electrons. The number of sulfonamides is 1. The molecule has 0 unspecified atom stereocenters. The molecule has 0 spiro atoms. The number of benzene rings is 2. The number of nitrogens with one attached hydrogen (secondary N) is 1. The highest BCUT2D eigenvalue weighted by Gasteiger charge is 2.30. The summed E-state index contributed by atoms with van der Waals surface area (Å²) in [5.74, 6) is 0.396. The number of hydrogen-bond donors (Lipinski definition) is 1. The number of aromatic amines is 1. The Hall–Kier alpha value is -1.63. The van der Waals surface area contributed by atoms with E-state index < -0.39 is 10.0 Å². The van der Waals surface area contributed by atoms with Gasteiger partial charge in [0, 0.05) is 34.7 Å². The number of aromatic nitrogens is 1. The van der Waals surface area contributed by atoms with E-state index in [1.807, 2.05) is 12.1 Å². The number of piperidine rings is 1. The second kappa shape index (κ2) is 6.59. The Morgan fingerprint density at radius 1 is 1.00 bits per heavy atom. The zero-order chi connectivity index (χ0) is 17.4. The van der Waals surface area contributed by atoms with Gasteiger partial charge in [-0.25, -0.2) is 8.42 Å². The summed E-state index contributed by atoms with van der Waals surface area (Å²) in [5.41, 5.74) is 2.44. The lowest BCUT2D eigenvalue weighted by atomic mass is 9.90. The molecule has 25 heavy (non-hydrogen) atoms. The zero-order valence-corrected chi connectivity index (χ0v) is 16.1. The van der Waals surface area contributed by atoms with Gasteiger partial charge in [-0.2, -0.15) is 4.31 Å². The topological polar surface area (TPSA) is 53.2 Å². The Morgan fingerprint density at radius 2 is 1.68 bits per heavy atom. The van der Waals surface area contributed by atoms with E-state index in [2.05, 4.69) is 39.2 Å². The van der Waals surface area contributed by atoms with Crippen molar-refractivity contribution >= 4 is 36.9 Å². The first-order chi connectivity index (χ1) is 12.1. The summed E-state index contributed by atoms with van der Waals surface area (Å²) in [5, 5.41) is 1.25. The Bertz CT molecular complexity index is 988. The quantitative estimate of drug-likeness (QED) is 0.680. The second-order valence-electron chi connectivity index (χ2n) is 6.42. The predicted molar refractivity (Wildman–Crippen MR) is 103 cm³/mol. The molecule has 4 rings (SSSR count). The van der Waals surface area contributed by atoms with Gasteiger partial charge in [-0.15, -0.1) is 0 Å². The number of fused-ring (bicyclic) bond motifs is 1. The van der Waals surface area contributed by atoms with Crippen LogP contribution >= 0.6 is 15.9 Å². The Kier molecular flexibility index (Phi) is 4.43. The number of hydrogen-bond acceptors (Lipinski definition) is 2. The Labute approximate surface area is 156 Å². The third-order valence-electron chi connectivity index (χ3n) is 4.97. The highest BCUT2D eigenvalue weighted by Crippen LogP contribution is 2.34. The molecule has 1 aliphatic heterocycles. The first kappa shape index (κ1) is 16.8. The van der Waals surface area contributed by atoms with Crippen LogP contribution in [0.5, 0.6) is 0 Å². The molecular formula is C19H19BrN2O2S. The van der Waals surface area contributed by atoms with Crippen LogP contribution in [0.4, 0.5) is 0 Å². The van der Waals surface area contributed by atoms with Gasteiger partial charge in [0.15, 0.2) is 0 Å². The van der Waals surface area contributed by atoms with Crippen molar-refractivity contribution in [2.75, 3.05) is 13.1 Å². The van der Waals surface area contributed by atoms with Crippen LogP contribution < -0.4 is 0 Å². The summed E-state index contributed by atoms with van der Waals surface area (Å²) in [6.45, 7) is 1.12. The Balaban J connectivity index is 1.52. The van der Waals surface area contributed by atoms with Crippen molar-refractivity contribution in [1.82, 2.24) is 9.29 Å².